The Morgan fingerprint density at radius 1 is 1.48 bits per heavy atom. The summed E-state index contributed by atoms with van der Waals surface area (Å²) in [6.07, 6.45) is 3.02. The van der Waals surface area contributed by atoms with Gasteiger partial charge in [0.15, 0.2) is 0 Å². The lowest BCUT2D eigenvalue weighted by Gasteiger charge is -2.21. The second kappa shape index (κ2) is 6.26. The standard InChI is InChI=1S/C16H22N4O/c1-2-10-20-14-8-4-3-7-13(14)18-16(20)19-15(21)12-6-5-9-17-11-12/h3-4,7-8,12,17H,2,5-6,9-11H2,1H3,(H,18,19,21). The van der Waals surface area contributed by atoms with Gasteiger partial charge in [-0.05, 0) is 37.9 Å². The molecule has 21 heavy (non-hydrogen) atoms. The van der Waals surface area contributed by atoms with Crippen LogP contribution in [0.4, 0.5) is 5.95 Å². The zero-order valence-electron chi connectivity index (χ0n) is 12.4. The number of aromatic nitrogens is 2. The third-order valence-corrected chi connectivity index (χ3v) is 4.00. The lowest BCUT2D eigenvalue weighted by atomic mass is 9.99. The van der Waals surface area contributed by atoms with Crippen LogP contribution in [-0.2, 0) is 11.3 Å². The number of rotatable bonds is 4. The Balaban J connectivity index is 1.85. The first-order chi connectivity index (χ1) is 10.3. The van der Waals surface area contributed by atoms with Crippen molar-refractivity contribution in [1.82, 2.24) is 14.9 Å². The van der Waals surface area contributed by atoms with Crippen molar-refractivity contribution < 1.29 is 4.79 Å². The first-order valence-electron chi connectivity index (χ1n) is 7.76. The van der Waals surface area contributed by atoms with Crippen molar-refractivity contribution in [3.8, 4) is 0 Å². The number of para-hydroxylation sites is 2. The summed E-state index contributed by atoms with van der Waals surface area (Å²) >= 11 is 0. The first-order valence-corrected chi connectivity index (χ1v) is 7.76. The van der Waals surface area contributed by atoms with Crippen molar-refractivity contribution in [3.05, 3.63) is 24.3 Å². The van der Waals surface area contributed by atoms with Gasteiger partial charge in [0.25, 0.3) is 0 Å². The molecule has 1 aromatic heterocycles. The molecule has 5 heteroatoms. The Hall–Kier alpha value is -1.88. The summed E-state index contributed by atoms with van der Waals surface area (Å²) in [5.74, 6) is 0.803. The van der Waals surface area contributed by atoms with E-state index in [-0.39, 0.29) is 11.8 Å². The van der Waals surface area contributed by atoms with Crippen LogP contribution in [0.5, 0.6) is 0 Å². The van der Waals surface area contributed by atoms with Gasteiger partial charge in [0.2, 0.25) is 11.9 Å². The summed E-state index contributed by atoms with van der Waals surface area (Å²) in [4.78, 5) is 17.0. The second-order valence-electron chi connectivity index (χ2n) is 5.61. The number of amides is 1. The second-order valence-corrected chi connectivity index (χ2v) is 5.61. The molecular weight excluding hydrogens is 264 g/mol. The van der Waals surface area contributed by atoms with Gasteiger partial charge < -0.3 is 9.88 Å². The van der Waals surface area contributed by atoms with Crippen molar-refractivity contribution >= 4 is 22.9 Å². The smallest absolute Gasteiger partial charge is 0.231 e. The highest BCUT2D eigenvalue weighted by Gasteiger charge is 2.22. The number of piperidine rings is 1. The molecule has 3 rings (SSSR count). The molecule has 1 aromatic carbocycles. The van der Waals surface area contributed by atoms with Gasteiger partial charge in [-0.25, -0.2) is 4.98 Å². The maximum absolute atomic E-state index is 12.4. The quantitative estimate of drug-likeness (QED) is 0.907. The Kier molecular flexibility index (Phi) is 4.20. The molecule has 0 saturated carbocycles. The summed E-state index contributed by atoms with van der Waals surface area (Å²) in [6.45, 7) is 4.77. The number of fused-ring (bicyclic) bond motifs is 1. The molecule has 2 aromatic rings. The van der Waals surface area contributed by atoms with Crippen molar-refractivity contribution in [3.63, 3.8) is 0 Å². The number of nitrogens with zero attached hydrogens (tertiary/aromatic N) is 2. The molecule has 5 nitrogen and oxygen atoms in total. The normalized spacial score (nSPS) is 18.8. The topological polar surface area (TPSA) is 59.0 Å². The third-order valence-electron chi connectivity index (χ3n) is 4.00. The van der Waals surface area contributed by atoms with Crippen LogP contribution in [0.3, 0.4) is 0 Å². The number of anilines is 1. The number of aryl methyl sites for hydroxylation is 1. The summed E-state index contributed by atoms with van der Waals surface area (Å²) in [6, 6.07) is 8.02. The zero-order chi connectivity index (χ0) is 14.7. The van der Waals surface area contributed by atoms with Gasteiger partial charge in [0.05, 0.1) is 17.0 Å². The summed E-state index contributed by atoms with van der Waals surface area (Å²) in [5.41, 5.74) is 2.01. The largest absolute Gasteiger partial charge is 0.316 e. The van der Waals surface area contributed by atoms with Gasteiger partial charge in [-0.15, -0.1) is 0 Å². The highest BCUT2D eigenvalue weighted by atomic mass is 16.2. The molecule has 1 amide bonds. The molecule has 0 aliphatic carbocycles. The fourth-order valence-corrected chi connectivity index (χ4v) is 2.91. The van der Waals surface area contributed by atoms with Crippen LogP contribution >= 0.6 is 0 Å². The number of carbonyl (C=O) groups is 1. The van der Waals surface area contributed by atoms with Crippen LogP contribution in [0.2, 0.25) is 0 Å². The fourth-order valence-electron chi connectivity index (χ4n) is 2.91. The number of nitrogens with one attached hydrogen (secondary N) is 2. The van der Waals surface area contributed by atoms with Crippen LogP contribution in [0.15, 0.2) is 24.3 Å². The molecule has 2 N–H and O–H groups in total. The first kappa shape index (κ1) is 14.1. The van der Waals surface area contributed by atoms with E-state index in [0.717, 1.165) is 49.9 Å². The number of hydrogen-bond acceptors (Lipinski definition) is 3. The molecule has 112 valence electrons. The molecule has 1 saturated heterocycles. The van der Waals surface area contributed by atoms with E-state index in [9.17, 15) is 4.79 Å². The molecule has 1 fully saturated rings. The van der Waals surface area contributed by atoms with Crippen LogP contribution in [0.25, 0.3) is 11.0 Å². The molecule has 0 bridgehead atoms. The molecule has 1 unspecified atom stereocenters. The summed E-state index contributed by atoms with van der Waals surface area (Å²) < 4.78 is 2.10. The third kappa shape index (κ3) is 2.93. The Labute approximate surface area is 124 Å². The van der Waals surface area contributed by atoms with Gasteiger partial charge >= 0.3 is 0 Å². The summed E-state index contributed by atoms with van der Waals surface area (Å²) in [5, 5.41) is 6.31. The minimum Gasteiger partial charge on any atom is -0.316 e. The van der Waals surface area contributed by atoms with Crippen LogP contribution < -0.4 is 10.6 Å². The average molecular weight is 286 g/mol. The Morgan fingerprint density at radius 3 is 3.10 bits per heavy atom. The summed E-state index contributed by atoms with van der Waals surface area (Å²) in [7, 11) is 0. The lowest BCUT2D eigenvalue weighted by Crippen LogP contribution is -2.37. The van der Waals surface area contributed by atoms with Crippen molar-refractivity contribution in [1.29, 1.82) is 0 Å². The SMILES string of the molecule is CCCn1c(NC(=O)C2CCCNC2)nc2ccccc21. The Bertz CT molecular complexity index is 628. The van der Waals surface area contributed by atoms with Crippen LogP contribution in [0.1, 0.15) is 26.2 Å². The fraction of sp³-hybridized carbons (Fsp3) is 0.500. The van der Waals surface area contributed by atoms with E-state index >= 15 is 0 Å². The maximum atomic E-state index is 12.4. The van der Waals surface area contributed by atoms with Gasteiger partial charge in [0.1, 0.15) is 0 Å². The highest BCUT2D eigenvalue weighted by molar-refractivity contribution is 5.93. The zero-order valence-corrected chi connectivity index (χ0v) is 12.4. The van der Waals surface area contributed by atoms with Gasteiger partial charge in [0, 0.05) is 13.1 Å². The molecule has 0 spiro atoms. The van der Waals surface area contributed by atoms with E-state index in [1.54, 1.807) is 0 Å². The number of benzene rings is 1. The van der Waals surface area contributed by atoms with Crippen molar-refractivity contribution in [2.75, 3.05) is 18.4 Å². The van der Waals surface area contributed by atoms with Crippen LogP contribution in [-0.4, -0.2) is 28.5 Å². The van der Waals surface area contributed by atoms with E-state index in [1.165, 1.54) is 0 Å². The van der Waals surface area contributed by atoms with Gasteiger partial charge in [-0.1, -0.05) is 19.1 Å². The van der Waals surface area contributed by atoms with E-state index in [2.05, 4.69) is 33.2 Å². The molecule has 1 atom stereocenters. The number of hydrogen-bond donors (Lipinski definition) is 2. The van der Waals surface area contributed by atoms with Gasteiger partial charge in [-0.3, -0.25) is 10.1 Å². The highest BCUT2D eigenvalue weighted by Crippen LogP contribution is 2.21. The lowest BCUT2D eigenvalue weighted by molar-refractivity contribution is -0.120. The molecule has 1 aliphatic rings. The van der Waals surface area contributed by atoms with Crippen molar-refractivity contribution in [2.24, 2.45) is 5.92 Å². The molecule has 2 heterocycles. The number of imidazole rings is 1. The predicted octanol–water partition coefficient (Wildman–Crippen LogP) is 2.38. The minimum atomic E-state index is 0.0497. The molecular formula is C16H22N4O. The average Bonchev–Trinajstić information content (AvgIpc) is 2.86. The molecule has 0 radical (unpaired) electrons. The van der Waals surface area contributed by atoms with E-state index in [1.807, 2.05) is 18.2 Å². The number of carbonyl (C=O) groups excluding carboxylic acids is 1. The van der Waals surface area contributed by atoms with E-state index in [0.29, 0.717) is 5.95 Å². The monoisotopic (exact) mass is 286 g/mol. The van der Waals surface area contributed by atoms with E-state index < -0.39 is 0 Å². The van der Waals surface area contributed by atoms with E-state index in [4.69, 9.17) is 0 Å². The minimum absolute atomic E-state index is 0.0497. The van der Waals surface area contributed by atoms with Crippen LogP contribution in [0, 0.1) is 5.92 Å². The van der Waals surface area contributed by atoms with Crippen molar-refractivity contribution in [2.45, 2.75) is 32.7 Å². The van der Waals surface area contributed by atoms with Gasteiger partial charge in [-0.2, -0.15) is 0 Å². The Morgan fingerprint density at radius 2 is 2.33 bits per heavy atom. The maximum Gasteiger partial charge on any atom is 0.231 e. The molecule has 1 aliphatic heterocycles. The predicted molar refractivity (Wildman–Crippen MR) is 84.2 cm³/mol.